The number of primary amides is 1. The molecule has 0 fully saturated rings. The molecule has 0 atom stereocenters. The van der Waals surface area contributed by atoms with Gasteiger partial charge in [0.2, 0.25) is 0 Å². The number of para-hydroxylation sites is 1. The molecule has 1 aromatic carbocycles. The highest BCUT2D eigenvalue weighted by molar-refractivity contribution is 6.03. The number of aromatic nitrogens is 2. The number of carbonyl (C=O) groups is 1. The van der Waals surface area contributed by atoms with Crippen LogP contribution >= 0.6 is 0 Å². The van der Waals surface area contributed by atoms with Crippen LogP contribution in [0, 0.1) is 0 Å². The minimum Gasteiger partial charge on any atom is -0.364 e. The van der Waals surface area contributed by atoms with E-state index in [1.165, 1.54) is 0 Å². The zero-order valence-electron chi connectivity index (χ0n) is 8.40. The predicted molar refractivity (Wildman–Crippen MR) is 57.4 cm³/mol. The highest BCUT2D eigenvalue weighted by Crippen LogP contribution is 2.15. The van der Waals surface area contributed by atoms with Crippen molar-refractivity contribution >= 4 is 16.8 Å². The summed E-state index contributed by atoms with van der Waals surface area (Å²) in [4.78, 5) is 19.7. The van der Waals surface area contributed by atoms with Crippen molar-refractivity contribution in [3.05, 3.63) is 35.8 Å². The first-order chi connectivity index (χ1) is 7.22. The van der Waals surface area contributed by atoms with Crippen LogP contribution in [0.5, 0.6) is 0 Å². The lowest BCUT2D eigenvalue weighted by molar-refractivity contribution is 0.0997. The van der Waals surface area contributed by atoms with E-state index in [0.29, 0.717) is 23.3 Å². The number of fused-ring (bicyclic) bond motifs is 1. The van der Waals surface area contributed by atoms with Crippen LogP contribution in [0.25, 0.3) is 10.9 Å². The van der Waals surface area contributed by atoms with Crippen LogP contribution in [0.4, 0.5) is 0 Å². The molecule has 0 aliphatic heterocycles. The Morgan fingerprint density at radius 2 is 2.07 bits per heavy atom. The van der Waals surface area contributed by atoms with Crippen molar-refractivity contribution in [2.45, 2.75) is 13.3 Å². The van der Waals surface area contributed by atoms with Gasteiger partial charge >= 0.3 is 0 Å². The van der Waals surface area contributed by atoms with Gasteiger partial charge in [0, 0.05) is 11.8 Å². The van der Waals surface area contributed by atoms with Crippen molar-refractivity contribution in [2.75, 3.05) is 0 Å². The molecule has 76 valence electrons. The lowest BCUT2D eigenvalue weighted by Crippen LogP contribution is -2.15. The first-order valence-electron chi connectivity index (χ1n) is 4.78. The van der Waals surface area contributed by atoms with E-state index in [9.17, 15) is 4.79 Å². The summed E-state index contributed by atoms with van der Waals surface area (Å²) in [5.74, 6) is 0.130. The minimum absolute atomic E-state index is 0.303. The molecule has 0 radical (unpaired) electrons. The summed E-state index contributed by atoms with van der Waals surface area (Å²) in [6.45, 7) is 1.94. The van der Waals surface area contributed by atoms with Crippen LogP contribution in [-0.4, -0.2) is 15.9 Å². The zero-order chi connectivity index (χ0) is 10.8. The Kier molecular flexibility index (Phi) is 2.33. The van der Waals surface area contributed by atoms with Crippen molar-refractivity contribution in [3.8, 4) is 0 Å². The highest BCUT2D eigenvalue weighted by Gasteiger charge is 2.10. The molecule has 0 aliphatic carbocycles. The molecule has 1 aromatic heterocycles. The van der Waals surface area contributed by atoms with Crippen LogP contribution in [0.3, 0.4) is 0 Å². The molecule has 4 nitrogen and oxygen atoms in total. The van der Waals surface area contributed by atoms with Gasteiger partial charge in [0.05, 0.1) is 5.52 Å². The van der Waals surface area contributed by atoms with Crippen molar-refractivity contribution in [1.29, 1.82) is 0 Å². The first kappa shape index (κ1) is 9.58. The Balaban J connectivity index is 2.80. The number of nitrogens with two attached hydrogens (primary N) is 1. The molecule has 2 aromatic rings. The van der Waals surface area contributed by atoms with Crippen molar-refractivity contribution < 1.29 is 4.79 Å². The summed E-state index contributed by atoms with van der Waals surface area (Å²) >= 11 is 0. The number of aryl methyl sites for hydroxylation is 1. The number of nitrogens with zero attached hydrogens (tertiary/aromatic N) is 2. The lowest BCUT2D eigenvalue weighted by Gasteiger charge is -2.04. The van der Waals surface area contributed by atoms with Gasteiger partial charge in [-0.3, -0.25) is 4.79 Å². The molecule has 0 saturated heterocycles. The van der Waals surface area contributed by atoms with Gasteiger partial charge in [0.1, 0.15) is 11.5 Å². The Morgan fingerprint density at radius 1 is 1.33 bits per heavy atom. The van der Waals surface area contributed by atoms with E-state index in [4.69, 9.17) is 5.73 Å². The van der Waals surface area contributed by atoms with Gasteiger partial charge in [-0.15, -0.1) is 0 Å². The molecule has 0 bridgehead atoms. The second kappa shape index (κ2) is 3.65. The van der Waals surface area contributed by atoms with Crippen LogP contribution in [0.15, 0.2) is 24.3 Å². The second-order valence-corrected chi connectivity index (χ2v) is 3.22. The molecular weight excluding hydrogens is 190 g/mol. The SMILES string of the molecule is CCc1nc(C(N)=O)c2ccccc2n1. The molecule has 2 N–H and O–H groups in total. The van der Waals surface area contributed by atoms with Gasteiger partial charge in [-0.2, -0.15) is 0 Å². The quantitative estimate of drug-likeness (QED) is 0.796. The fraction of sp³-hybridized carbons (Fsp3) is 0.182. The molecule has 0 unspecified atom stereocenters. The van der Waals surface area contributed by atoms with Gasteiger partial charge < -0.3 is 5.73 Å². The number of rotatable bonds is 2. The number of benzene rings is 1. The summed E-state index contributed by atoms with van der Waals surface area (Å²) in [6.07, 6.45) is 0.686. The summed E-state index contributed by atoms with van der Waals surface area (Å²) in [7, 11) is 0. The molecule has 0 saturated carbocycles. The molecule has 1 amide bonds. The van der Waals surface area contributed by atoms with E-state index in [1.807, 2.05) is 25.1 Å². The Bertz CT molecular complexity index is 522. The van der Waals surface area contributed by atoms with Gasteiger partial charge in [0.15, 0.2) is 0 Å². The second-order valence-electron chi connectivity index (χ2n) is 3.22. The maximum atomic E-state index is 11.2. The molecule has 2 rings (SSSR count). The average Bonchev–Trinajstić information content (AvgIpc) is 2.27. The van der Waals surface area contributed by atoms with E-state index in [-0.39, 0.29) is 0 Å². The molecule has 1 heterocycles. The third-order valence-corrected chi connectivity index (χ3v) is 2.20. The van der Waals surface area contributed by atoms with E-state index in [0.717, 1.165) is 5.52 Å². The van der Waals surface area contributed by atoms with E-state index in [1.54, 1.807) is 6.07 Å². The standard InChI is InChI=1S/C11H11N3O/c1-2-9-13-8-6-4-3-5-7(8)10(14-9)11(12)15/h3-6H,2H2,1H3,(H2,12,15). The van der Waals surface area contributed by atoms with E-state index >= 15 is 0 Å². The average molecular weight is 201 g/mol. The van der Waals surface area contributed by atoms with E-state index in [2.05, 4.69) is 9.97 Å². The van der Waals surface area contributed by atoms with Crippen molar-refractivity contribution in [3.63, 3.8) is 0 Å². The summed E-state index contributed by atoms with van der Waals surface area (Å²) in [5.41, 5.74) is 6.34. The van der Waals surface area contributed by atoms with Crippen LogP contribution in [-0.2, 0) is 6.42 Å². The number of hydrogen-bond donors (Lipinski definition) is 1. The van der Waals surface area contributed by atoms with Crippen molar-refractivity contribution in [2.24, 2.45) is 5.73 Å². The van der Waals surface area contributed by atoms with Crippen LogP contribution in [0.2, 0.25) is 0 Å². The Morgan fingerprint density at radius 3 is 2.73 bits per heavy atom. The largest absolute Gasteiger partial charge is 0.364 e. The summed E-state index contributed by atoms with van der Waals surface area (Å²) in [6, 6.07) is 7.36. The van der Waals surface area contributed by atoms with Gasteiger partial charge in [-0.25, -0.2) is 9.97 Å². The first-order valence-corrected chi connectivity index (χ1v) is 4.78. The minimum atomic E-state index is -0.511. The van der Waals surface area contributed by atoms with Crippen molar-refractivity contribution in [1.82, 2.24) is 9.97 Å². The van der Waals surface area contributed by atoms with Gasteiger partial charge in [-0.1, -0.05) is 25.1 Å². The molecule has 0 aliphatic rings. The monoisotopic (exact) mass is 201 g/mol. The molecule has 4 heteroatoms. The Labute approximate surface area is 87.1 Å². The van der Waals surface area contributed by atoms with Crippen LogP contribution < -0.4 is 5.73 Å². The number of hydrogen-bond acceptors (Lipinski definition) is 3. The van der Waals surface area contributed by atoms with Gasteiger partial charge in [0.25, 0.3) is 5.91 Å². The number of amides is 1. The third-order valence-electron chi connectivity index (χ3n) is 2.20. The highest BCUT2D eigenvalue weighted by atomic mass is 16.1. The maximum Gasteiger partial charge on any atom is 0.268 e. The van der Waals surface area contributed by atoms with E-state index < -0.39 is 5.91 Å². The summed E-state index contributed by atoms with van der Waals surface area (Å²) in [5, 5.41) is 0.710. The maximum absolute atomic E-state index is 11.2. The fourth-order valence-corrected chi connectivity index (χ4v) is 1.47. The van der Waals surface area contributed by atoms with Gasteiger partial charge in [-0.05, 0) is 6.07 Å². The predicted octanol–water partition coefficient (Wildman–Crippen LogP) is 1.29. The normalized spacial score (nSPS) is 10.5. The molecule has 0 spiro atoms. The molecule has 15 heavy (non-hydrogen) atoms. The Hall–Kier alpha value is -1.97. The lowest BCUT2D eigenvalue weighted by atomic mass is 10.1. The topological polar surface area (TPSA) is 68.9 Å². The zero-order valence-corrected chi connectivity index (χ0v) is 8.40. The smallest absolute Gasteiger partial charge is 0.268 e. The summed E-state index contributed by atoms with van der Waals surface area (Å²) < 4.78 is 0. The molecular formula is C11H11N3O. The van der Waals surface area contributed by atoms with Crippen LogP contribution in [0.1, 0.15) is 23.2 Å². The fourth-order valence-electron chi connectivity index (χ4n) is 1.47. The third kappa shape index (κ3) is 1.66. The number of carbonyl (C=O) groups excluding carboxylic acids is 1.